The van der Waals surface area contributed by atoms with Crippen LogP contribution in [0, 0.1) is 6.92 Å². The van der Waals surface area contributed by atoms with E-state index in [1.165, 1.54) is 0 Å². The molecule has 0 radical (unpaired) electrons. The minimum Gasteiger partial charge on any atom is -0.445 e. The summed E-state index contributed by atoms with van der Waals surface area (Å²) in [5.41, 5.74) is 2.35. The summed E-state index contributed by atoms with van der Waals surface area (Å²) >= 11 is 0. The fraction of sp³-hybridized carbons (Fsp3) is 0.444. The standard InChI is InChI=1S/C27H37N3O5/c1-20-13-15-21(16-14-20)18-29-24(31)23(30-26(33)35-27(2,3)4)12-8-9-17-28-25(32)34-19-22-10-6-5-7-11-22/h5-7,10-11,13-16,23H,8-9,12,17-19H2,1-4H3,(H,28,32)(H,29,31)(H,30,33). The molecular formula is C27H37N3O5. The number of ether oxygens (including phenoxy) is 2. The molecule has 2 aromatic carbocycles. The van der Waals surface area contributed by atoms with Crippen LogP contribution in [0.1, 0.15) is 56.7 Å². The van der Waals surface area contributed by atoms with Gasteiger partial charge < -0.3 is 25.4 Å². The van der Waals surface area contributed by atoms with Gasteiger partial charge in [-0.15, -0.1) is 0 Å². The Hall–Kier alpha value is -3.55. The van der Waals surface area contributed by atoms with Crippen molar-refractivity contribution in [3.8, 4) is 0 Å². The van der Waals surface area contributed by atoms with Gasteiger partial charge in [0, 0.05) is 13.1 Å². The number of hydrogen-bond donors (Lipinski definition) is 3. The predicted octanol–water partition coefficient (Wildman–Crippen LogP) is 4.60. The Kier molecular flexibility index (Phi) is 11.1. The van der Waals surface area contributed by atoms with Crippen LogP contribution in [-0.2, 0) is 27.4 Å². The molecule has 0 fully saturated rings. The lowest BCUT2D eigenvalue weighted by Crippen LogP contribution is -2.48. The second-order valence-corrected chi connectivity index (χ2v) is 9.39. The monoisotopic (exact) mass is 483 g/mol. The van der Waals surface area contributed by atoms with Crippen LogP contribution >= 0.6 is 0 Å². The highest BCUT2D eigenvalue weighted by molar-refractivity contribution is 5.85. The number of benzene rings is 2. The van der Waals surface area contributed by atoms with E-state index in [2.05, 4.69) is 16.0 Å². The van der Waals surface area contributed by atoms with E-state index in [0.717, 1.165) is 16.7 Å². The topological polar surface area (TPSA) is 106 Å². The molecule has 8 nitrogen and oxygen atoms in total. The number of carbonyl (C=O) groups is 3. The molecule has 0 heterocycles. The third kappa shape index (κ3) is 11.9. The van der Waals surface area contributed by atoms with Crippen LogP contribution in [0.3, 0.4) is 0 Å². The minimum atomic E-state index is -0.750. The summed E-state index contributed by atoms with van der Waals surface area (Å²) < 4.78 is 10.5. The second-order valence-electron chi connectivity index (χ2n) is 9.39. The molecule has 190 valence electrons. The Labute approximate surface area is 207 Å². The molecule has 0 aliphatic rings. The SMILES string of the molecule is Cc1ccc(CNC(=O)C(CCCCNC(=O)OCc2ccccc2)NC(=O)OC(C)(C)C)cc1. The van der Waals surface area contributed by atoms with Crippen LogP contribution in [0.4, 0.5) is 9.59 Å². The van der Waals surface area contributed by atoms with Gasteiger partial charge in [-0.2, -0.15) is 0 Å². The zero-order valence-corrected chi connectivity index (χ0v) is 21.1. The van der Waals surface area contributed by atoms with Crippen molar-refractivity contribution in [1.29, 1.82) is 0 Å². The number of unbranched alkanes of at least 4 members (excludes halogenated alkanes) is 1. The van der Waals surface area contributed by atoms with Crippen LogP contribution in [0.25, 0.3) is 0 Å². The van der Waals surface area contributed by atoms with Gasteiger partial charge in [-0.1, -0.05) is 60.2 Å². The van der Waals surface area contributed by atoms with Crippen LogP contribution in [-0.4, -0.2) is 36.3 Å². The molecule has 1 atom stereocenters. The lowest BCUT2D eigenvalue weighted by molar-refractivity contribution is -0.123. The molecule has 0 aromatic heterocycles. The third-order valence-electron chi connectivity index (χ3n) is 5.00. The van der Waals surface area contributed by atoms with Crippen LogP contribution in [0.5, 0.6) is 0 Å². The number of hydrogen-bond acceptors (Lipinski definition) is 5. The van der Waals surface area contributed by atoms with E-state index < -0.39 is 23.8 Å². The van der Waals surface area contributed by atoms with Gasteiger partial charge in [0.15, 0.2) is 0 Å². The van der Waals surface area contributed by atoms with E-state index in [1.54, 1.807) is 20.8 Å². The first-order chi connectivity index (χ1) is 16.6. The molecule has 1 unspecified atom stereocenters. The maximum absolute atomic E-state index is 12.8. The van der Waals surface area contributed by atoms with E-state index in [9.17, 15) is 14.4 Å². The maximum Gasteiger partial charge on any atom is 0.408 e. The fourth-order valence-electron chi connectivity index (χ4n) is 3.17. The summed E-state index contributed by atoms with van der Waals surface area (Å²) in [4.78, 5) is 36.9. The number of rotatable bonds is 11. The van der Waals surface area contributed by atoms with Gasteiger partial charge in [0.2, 0.25) is 5.91 Å². The van der Waals surface area contributed by atoms with Gasteiger partial charge >= 0.3 is 12.2 Å². The van der Waals surface area contributed by atoms with Gasteiger partial charge in [0.25, 0.3) is 0 Å². The minimum absolute atomic E-state index is 0.204. The number of amides is 3. The van der Waals surface area contributed by atoms with E-state index in [1.807, 2.05) is 61.5 Å². The number of carbonyl (C=O) groups excluding carboxylic acids is 3. The van der Waals surface area contributed by atoms with Gasteiger partial charge in [-0.3, -0.25) is 4.79 Å². The number of aryl methyl sites for hydroxylation is 1. The van der Waals surface area contributed by atoms with Crippen molar-refractivity contribution < 1.29 is 23.9 Å². The lowest BCUT2D eigenvalue weighted by Gasteiger charge is -2.23. The van der Waals surface area contributed by atoms with Crippen molar-refractivity contribution in [3.63, 3.8) is 0 Å². The van der Waals surface area contributed by atoms with Crippen LogP contribution in [0.2, 0.25) is 0 Å². The Morgan fingerprint density at radius 1 is 0.857 bits per heavy atom. The maximum atomic E-state index is 12.8. The average Bonchev–Trinajstić information content (AvgIpc) is 2.80. The van der Waals surface area contributed by atoms with Gasteiger partial charge in [0.05, 0.1) is 0 Å². The molecular weight excluding hydrogens is 446 g/mol. The fourth-order valence-corrected chi connectivity index (χ4v) is 3.17. The van der Waals surface area contributed by atoms with Crippen molar-refractivity contribution in [2.75, 3.05) is 6.54 Å². The Balaban J connectivity index is 1.78. The van der Waals surface area contributed by atoms with Crippen molar-refractivity contribution in [2.24, 2.45) is 0 Å². The quantitative estimate of drug-likeness (QED) is 0.405. The summed E-state index contributed by atoms with van der Waals surface area (Å²) in [7, 11) is 0. The van der Waals surface area contributed by atoms with E-state index >= 15 is 0 Å². The number of alkyl carbamates (subject to hydrolysis) is 2. The van der Waals surface area contributed by atoms with Gasteiger partial charge in [0.1, 0.15) is 18.2 Å². The predicted molar refractivity (Wildman–Crippen MR) is 135 cm³/mol. The molecule has 0 aliphatic carbocycles. The molecule has 3 amide bonds. The molecule has 0 bridgehead atoms. The first-order valence-corrected chi connectivity index (χ1v) is 11.9. The van der Waals surface area contributed by atoms with Crippen LogP contribution < -0.4 is 16.0 Å². The smallest absolute Gasteiger partial charge is 0.408 e. The Bertz CT molecular complexity index is 940. The highest BCUT2D eigenvalue weighted by atomic mass is 16.6. The summed E-state index contributed by atoms with van der Waals surface area (Å²) in [6.45, 7) is 8.26. The molecule has 35 heavy (non-hydrogen) atoms. The zero-order valence-electron chi connectivity index (χ0n) is 21.1. The molecule has 0 aliphatic heterocycles. The Morgan fingerprint density at radius 3 is 2.20 bits per heavy atom. The van der Waals surface area contributed by atoms with Crippen LogP contribution in [0.15, 0.2) is 54.6 Å². The Morgan fingerprint density at radius 2 is 1.54 bits per heavy atom. The highest BCUT2D eigenvalue weighted by Gasteiger charge is 2.24. The van der Waals surface area contributed by atoms with Crippen molar-refractivity contribution in [2.45, 2.75) is 71.8 Å². The zero-order chi connectivity index (χ0) is 25.7. The number of nitrogens with one attached hydrogen (secondary N) is 3. The van der Waals surface area contributed by atoms with Gasteiger partial charge in [-0.05, 0) is 58.1 Å². The first-order valence-electron chi connectivity index (χ1n) is 11.9. The summed E-state index contributed by atoms with van der Waals surface area (Å²) in [5, 5.41) is 8.26. The van der Waals surface area contributed by atoms with E-state index in [0.29, 0.717) is 32.4 Å². The lowest BCUT2D eigenvalue weighted by atomic mass is 10.1. The van der Waals surface area contributed by atoms with Crippen molar-refractivity contribution in [1.82, 2.24) is 16.0 Å². The molecule has 0 spiro atoms. The van der Waals surface area contributed by atoms with E-state index in [4.69, 9.17) is 9.47 Å². The second kappa shape index (κ2) is 14.0. The first kappa shape index (κ1) is 27.7. The third-order valence-corrected chi connectivity index (χ3v) is 5.00. The van der Waals surface area contributed by atoms with Crippen molar-refractivity contribution in [3.05, 3.63) is 71.3 Å². The summed E-state index contributed by atoms with van der Waals surface area (Å²) in [6, 6.07) is 16.6. The molecule has 3 N–H and O–H groups in total. The van der Waals surface area contributed by atoms with E-state index in [-0.39, 0.29) is 12.5 Å². The molecule has 0 saturated heterocycles. The molecule has 2 rings (SSSR count). The summed E-state index contributed by atoms with van der Waals surface area (Å²) in [5.74, 6) is -0.285. The van der Waals surface area contributed by atoms with Gasteiger partial charge in [-0.25, -0.2) is 9.59 Å². The van der Waals surface area contributed by atoms with Crippen molar-refractivity contribution >= 4 is 18.1 Å². The molecule has 0 saturated carbocycles. The summed E-state index contributed by atoms with van der Waals surface area (Å²) in [6.07, 6.45) is 0.499. The largest absolute Gasteiger partial charge is 0.445 e. The highest BCUT2D eigenvalue weighted by Crippen LogP contribution is 2.09. The molecule has 8 heteroatoms. The molecule has 2 aromatic rings. The normalized spacial score (nSPS) is 11.8. The average molecular weight is 484 g/mol.